The molecular weight excluding hydrogens is 388 g/mol. The summed E-state index contributed by atoms with van der Waals surface area (Å²) in [5.74, 6) is 2.97. The fourth-order valence-corrected chi connectivity index (χ4v) is 8.93. The molecule has 31 heavy (non-hydrogen) atoms. The van der Waals surface area contributed by atoms with E-state index < -0.39 is 29.3 Å². The zero-order valence-electron chi connectivity index (χ0n) is 20.3. The number of hydrogen-bond acceptors (Lipinski definition) is 4. The molecule has 0 heterocycles. The highest BCUT2D eigenvalue weighted by Crippen LogP contribution is 2.69. The summed E-state index contributed by atoms with van der Waals surface area (Å²) in [7, 11) is 0. The molecule has 0 radical (unpaired) electrons. The van der Waals surface area contributed by atoms with Crippen LogP contribution in [0.2, 0.25) is 0 Å². The second-order valence-electron chi connectivity index (χ2n) is 12.6. The van der Waals surface area contributed by atoms with Gasteiger partial charge in [-0.25, -0.2) is 0 Å². The molecule has 0 aromatic rings. The van der Waals surface area contributed by atoms with E-state index in [0.717, 1.165) is 19.3 Å². The number of fused-ring (bicyclic) bond motifs is 5. The van der Waals surface area contributed by atoms with Crippen molar-refractivity contribution in [3.8, 4) is 0 Å². The zero-order valence-corrected chi connectivity index (χ0v) is 20.3. The summed E-state index contributed by atoms with van der Waals surface area (Å²) in [6.07, 6.45) is 9.15. The summed E-state index contributed by atoms with van der Waals surface area (Å²) in [6, 6.07) is 0. The van der Waals surface area contributed by atoms with Crippen LogP contribution < -0.4 is 0 Å². The summed E-state index contributed by atoms with van der Waals surface area (Å²) < 4.78 is 0. The van der Waals surface area contributed by atoms with Crippen molar-refractivity contribution in [3.05, 3.63) is 12.2 Å². The number of allylic oxidation sites excluding steroid dienone is 2. The van der Waals surface area contributed by atoms with E-state index in [0.29, 0.717) is 42.4 Å². The molecule has 4 aliphatic carbocycles. The van der Waals surface area contributed by atoms with Crippen LogP contribution in [0.15, 0.2) is 12.2 Å². The molecule has 0 bridgehead atoms. The summed E-state index contributed by atoms with van der Waals surface area (Å²) >= 11 is 0. The molecule has 0 amide bonds. The molecular formula is C27H46O4. The largest absolute Gasteiger partial charge is 0.393 e. The van der Waals surface area contributed by atoms with E-state index in [-0.39, 0.29) is 17.8 Å². The Balaban J connectivity index is 1.60. The summed E-state index contributed by atoms with van der Waals surface area (Å²) in [4.78, 5) is 0. The Labute approximate surface area is 189 Å². The van der Waals surface area contributed by atoms with Crippen LogP contribution in [-0.4, -0.2) is 44.3 Å². The van der Waals surface area contributed by atoms with Crippen molar-refractivity contribution in [2.24, 2.45) is 46.3 Å². The van der Waals surface area contributed by atoms with Gasteiger partial charge in [0.25, 0.3) is 0 Å². The zero-order chi connectivity index (χ0) is 22.8. The van der Waals surface area contributed by atoms with Gasteiger partial charge in [0.1, 0.15) is 5.60 Å². The predicted molar refractivity (Wildman–Crippen MR) is 123 cm³/mol. The number of hydrogen-bond donors (Lipinski definition) is 4. The van der Waals surface area contributed by atoms with Gasteiger partial charge in [-0.05, 0) is 85.9 Å². The summed E-state index contributed by atoms with van der Waals surface area (Å²) in [5, 5.41) is 44.1. The number of aliphatic hydroxyl groups is 4. The van der Waals surface area contributed by atoms with Gasteiger partial charge in [0.05, 0.1) is 18.3 Å². The molecule has 4 fully saturated rings. The Kier molecular flexibility index (Phi) is 6.21. The van der Waals surface area contributed by atoms with Crippen molar-refractivity contribution in [1.29, 1.82) is 0 Å². The van der Waals surface area contributed by atoms with Gasteiger partial charge in [0.2, 0.25) is 0 Å². The predicted octanol–water partition coefficient (Wildman–Crippen LogP) is 4.30. The van der Waals surface area contributed by atoms with Gasteiger partial charge >= 0.3 is 0 Å². The van der Waals surface area contributed by atoms with Crippen LogP contribution in [0.5, 0.6) is 0 Å². The van der Waals surface area contributed by atoms with Crippen molar-refractivity contribution >= 4 is 0 Å². The summed E-state index contributed by atoms with van der Waals surface area (Å²) in [6.45, 7) is 11.4. The van der Waals surface area contributed by atoms with Gasteiger partial charge < -0.3 is 20.4 Å². The lowest BCUT2D eigenvalue weighted by molar-refractivity contribution is -0.294. The maximum atomic E-state index is 11.6. The molecule has 178 valence electrons. The van der Waals surface area contributed by atoms with Crippen LogP contribution in [0.3, 0.4) is 0 Å². The monoisotopic (exact) mass is 434 g/mol. The molecule has 0 aromatic heterocycles. The average molecular weight is 435 g/mol. The van der Waals surface area contributed by atoms with Crippen LogP contribution in [0.4, 0.5) is 0 Å². The molecule has 11 atom stereocenters. The molecule has 0 aliphatic heterocycles. The van der Waals surface area contributed by atoms with Gasteiger partial charge in [0.15, 0.2) is 0 Å². The van der Waals surface area contributed by atoms with Gasteiger partial charge in [-0.1, -0.05) is 46.8 Å². The minimum absolute atomic E-state index is 0.174. The highest BCUT2D eigenvalue weighted by atomic mass is 16.4. The minimum atomic E-state index is -1.40. The van der Waals surface area contributed by atoms with E-state index in [9.17, 15) is 20.4 Å². The smallest absolute Gasteiger partial charge is 0.101 e. The first kappa shape index (κ1) is 23.7. The third-order valence-corrected chi connectivity index (χ3v) is 10.7. The van der Waals surface area contributed by atoms with Crippen LogP contribution in [0.25, 0.3) is 0 Å². The SMILES string of the molecule is CC(C)C/C=C/[C@@H](C)[C@H]1CCC2C3C[C@@H](O)[C@@]4(O)C[C@@H](O)C[C@@H](O)[C@]4(C)C3CC[C@@]21C. The Bertz CT molecular complexity index is 691. The van der Waals surface area contributed by atoms with Crippen LogP contribution in [-0.2, 0) is 0 Å². The first-order chi connectivity index (χ1) is 14.4. The maximum Gasteiger partial charge on any atom is 0.101 e. The molecule has 4 rings (SSSR count). The van der Waals surface area contributed by atoms with Crippen LogP contribution in [0.1, 0.15) is 86.0 Å². The Morgan fingerprint density at radius 3 is 2.32 bits per heavy atom. The molecule has 4 aliphatic rings. The van der Waals surface area contributed by atoms with E-state index in [1.54, 1.807) is 0 Å². The molecule has 4 heteroatoms. The molecule has 0 spiro atoms. The molecule has 0 saturated heterocycles. The van der Waals surface area contributed by atoms with Gasteiger partial charge in [-0.2, -0.15) is 0 Å². The fourth-order valence-electron chi connectivity index (χ4n) is 8.93. The van der Waals surface area contributed by atoms with Gasteiger partial charge in [-0.15, -0.1) is 0 Å². The first-order valence-corrected chi connectivity index (χ1v) is 12.9. The number of aliphatic hydroxyl groups excluding tert-OH is 3. The van der Waals surface area contributed by atoms with Crippen molar-refractivity contribution in [2.45, 2.75) is 110 Å². The quantitative estimate of drug-likeness (QED) is 0.497. The van der Waals surface area contributed by atoms with E-state index in [4.69, 9.17) is 0 Å². The molecule has 4 N–H and O–H groups in total. The van der Waals surface area contributed by atoms with Crippen molar-refractivity contribution < 1.29 is 20.4 Å². The standard InChI is InChI=1S/C27H46O4/c1-16(2)7-6-8-17(3)20-9-10-21-19-14-24(30)27(31)15-18(28)13-23(29)26(27,5)22(19)11-12-25(20,21)4/h6,8,16-24,28-31H,7,9-15H2,1-5H3/b8-6+/t17-,18+,19?,20-,21?,22?,23-,24-,25-,26+,27+/m1/s1. The van der Waals surface area contributed by atoms with Crippen molar-refractivity contribution in [2.75, 3.05) is 0 Å². The second-order valence-corrected chi connectivity index (χ2v) is 12.6. The topological polar surface area (TPSA) is 80.9 Å². The highest BCUT2D eigenvalue weighted by molar-refractivity contribution is 5.19. The molecule has 4 nitrogen and oxygen atoms in total. The lowest BCUT2D eigenvalue weighted by atomic mass is 9.41. The lowest BCUT2D eigenvalue weighted by Crippen LogP contribution is -2.72. The second kappa shape index (κ2) is 8.11. The minimum Gasteiger partial charge on any atom is -0.393 e. The van der Waals surface area contributed by atoms with Crippen molar-refractivity contribution in [3.63, 3.8) is 0 Å². The average Bonchev–Trinajstić information content (AvgIpc) is 3.02. The molecule has 4 saturated carbocycles. The van der Waals surface area contributed by atoms with Crippen LogP contribution in [0, 0.1) is 46.3 Å². The van der Waals surface area contributed by atoms with E-state index >= 15 is 0 Å². The Morgan fingerprint density at radius 2 is 1.65 bits per heavy atom. The summed E-state index contributed by atoms with van der Waals surface area (Å²) in [5.41, 5.74) is -1.89. The maximum absolute atomic E-state index is 11.6. The van der Waals surface area contributed by atoms with Gasteiger partial charge in [-0.3, -0.25) is 0 Å². The molecule has 3 unspecified atom stereocenters. The van der Waals surface area contributed by atoms with Crippen LogP contribution >= 0.6 is 0 Å². The van der Waals surface area contributed by atoms with E-state index in [2.05, 4.69) is 39.8 Å². The Morgan fingerprint density at radius 1 is 0.935 bits per heavy atom. The highest BCUT2D eigenvalue weighted by Gasteiger charge is 2.70. The molecule has 0 aromatic carbocycles. The third kappa shape index (κ3) is 3.47. The fraction of sp³-hybridized carbons (Fsp3) is 0.926. The van der Waals surface area contributed by atoms with Gasteiger partial charge in [0, 0.05) is 11.8 Å². The lowest BCUT2D eigenvalue weighted by Gasteiger charge is -2.66. The first-order valence-electron chi connectivity index (χ1n) is 12.9. The Hall–Kier alpha value is -0.420. The van der Waals surface area contributed by atoms with E-state index in [1.165, 1.54) is 12.8 Å². The normalized spacial score (nSPS) is 53.3. The van der Waals surface area contributed by atoms with Crippen molar-refractivity contribution in [1.82, 2.24) is 0 Å². The number of rotatable bonds is 4. The third-order valence-electron chi connectivity index (χ3n) is 10.7. The van der Waals surface area contributed by atoms with E-state index in [1.807, 2.05) is 6.92 Å².